The topological polar surface area (TPSA) is 105 Å². The second kappa shape index (κ2) is 12.9. The maximum absolute atomic E-state index is 13.9. The molecule has 236 valence electrons. The highest BCUT2D eigenvalue weighted by Gasteiger charge is 2.40. The van der Waals surface area contributed by atoms with Crippen molar-refractivity contribution in [2.75, 3.05) is 6.67 Å². The predicted molar refractivity (Wildman–Crippen MR) is 139 cm³/mol. The third kappa shape index (κ3) is 7.09. The van der Waals surface area contributed by atoms with Gasteiger partial charge in [-0.15, -0.1) is 0 Å². The van der Waals surface area contributed by atoms with Crippen molar-refractivity contribution in [2.45, 2.75) is 82.6 Å². The van der Waals surface area contributed by atoms with E-state index in [4.69, 9.17) is 0 Å². The second-order valence-electron chi connectivity index (χ2n) is 10.6. The van der Waals surface area contributed by atoms with Crippen LogP contribution >= 0.6 is 0 Å². The van der Waals surface area contributed by atoms with E-state index in [1.165, 1.54) is 13.8 Å². The maximum atomic E-state index is 13.9. The fourth-order valence-corrected chi connectivity index (χ4v) is 5.11. The van der Waals surface area contributed by atoms with Gasteiger partial charge in [-0.05, 0) is 50.3 Å². The fraction of sp³-hybridized carbons (Fsp3) is 0.556. The summed E-state index contributed by atoms with van der Waals surface area (Å²) in [6, 6.07) is 2.89. The van der Waals surface area contributed by atoms with Gasteiger partial charge in [-0.2, -0.15) is 5.10 Å². The molecule has 1 fully saturated rings. The van der Waals surface area contributed by atoms with Crippen molar-refractivity contribution < 1.29 is 44.7 Å². The smallest absolute Gasteiger partial charge is 0.289 e. The molecule has 0 spiro atoms. The lowest BCUT2D eigenvalue weighted by Gasteiger charge is -2.33. The number of aromatic amines is 1. The first kappa shape index (κ1) is 32.2. The molecule has 8 nitrogen and oxygen atoms in total. The van der Waals surface area contributed by atoms with Gasteiger partial charge in [0.2, 0.25) is 12.1 Å². The molecule has 1 aromatic carbocycles. The Morgan fingerprint density at radius 2 is 1.79 bits per heavy atom. The van der Waals surface area contributed by atoms with Crippen LogP contribution in [-0.2, 0) is 4.79 Å². The number of fused-ring (bicyclic) bond motifs is 1. The molecule has 2 aromatic heterocycles. The quantitative estimate of drug-likeness (QED) is 0.231. The largest absolute Gasteiger partial charge is 0.347 e. The van der Waals surface area contributed by atoms with E-state index in [0.717, 1.165) is 6.20 Å². The molecule has 2 amide bonds. The second-order valence-corrected chi connectivity index (χ2v) is 10.6. The molecule has 0 saturated heterocycles. The summed E-state index contributed by atoms with van der Waals surface area (Å²) in [5, 5.41) is 8.54. The Bertz CT molecular complexity index is 1440. The summed E-state index contributed by atoms with van der Waals surface area (Å²) in [5.74, 6) is -5.31. The number of alkyl halides is 8. The highest BCUT2D eigenvalue weighted by Crippen LogP contribution is 2.41. The highest BCUT2D eigenvalue weighted by atomic mass is 19.3. The van der Waals surface area contributed by atoms with Gasteiger partial charge in [0.15, 0.2) is 6.17 Å². The molecular weight excluding hydrogens is 592 g/mol. The minimum absolute atomic E-state index is 0.0261. The third-order valence-corrected chi connectivity index (χ3v) is 7.64. The molecule has 1 saturated carbocycles. The van der Waals surface area contributed by atoms with Gasteiger partial charge in [0.05, 0.1) is 40.6 Å². The molecule has 16 heteroatoms. The lowest BCUT2D eigenvalue weighted by atomic mass is 9.81. The third-order valence-electron chi connectivity index (χ3n) is 7.64. The minimum atomic E-state index is -3.38. The van der Waals surface area contributed by atoms with Crippen LogP contribution in [-0.4, -0.2) is 62.9 Å². The Hall–Kier alpha value is -3.72. The van der Waals surface area contributed by atoms with Crippen LogP contribution in [0.2, 0.25) is 0 Å². The first-order valence-corrected chi connectivity index (χ1v) is 13.5. The Morgan fingerprint density at radius 1 is 1.12 bits per heavy atom. The molecule has 1 aliphatic rings. The predicted octanol–water partition coefficient (Wildman–Crippen LogP) is 5.92. The van der Waals surface area contributed by atoms with Gasteiger partial charge in [-0.1, -0.05) is 6.07 Å². The van der Waals surface area contributed by atoms with E-state index in [1.807, 2.05) is 0 Å². The molecule has 0 bridgehead atoms. The molecule has 3 unspecified atom stereocenters. The van der Waals surface area contributed by atoms with Gasteiger partial charge in [0.25, 0.3) is 24.5 Å². The molecule has 3 N–H and O–H groups in total. The molecule has 1 aliphatic carbocycles. The van der Waals surface area contributed by atoms with Crippen LogP contribution in [0.15, 0.2) is 24.4 Å². The van der Waals surface area contributed by atoms with Crippen molar-refractivity contribution >= 4 is 22.8 Å². The molecule has 0 aliphatic heterocycles. The van der Waals surface area contributed by atoms with Gasteiger partial charge in [-0.3, -0.25) is 9.59 Å². The van der Waals surface area contributed by atoms with Crippen molar-refractivity contribution in [3.63, 3.8) is 0 Å². The van der Waals surface area contributed by atoms with Crippen LogP contribution < -0.4 is 10.6 Å². The van der Waals surface area contributed by atoms with E-state index < -0.39 is 80.3 Å². The fourth-order valence-electron chi connectivity index (χ4n) is 5.11. The summed E-state index contributed by atoms with van der Waals surface area (Å²) in [6.45, 7) is 1.08. The standard InChI is InChI=1S/C27H30F8N6O2/c1-12(37-26(43)20(30)17(29)10-28)15-3-4-18-19(9-15)39-24(38-18)21(14-5-7-27(34,35)8-6-14)40-25(42)16-11-36-41(13(16)2)23(33)22(31)32/h3-4,9,11-12,14,17,20-23H,5-8,10H2,1-2H3,(H,37,43)(H,38,39)(H,40,42)/t12-,17?,20?,21+,23?/m1/s1. The lowest BCUT2D eigenvalue weighted by Crippen LogP contribution is -2.39. The first-order chi connectivity index (χ1) is 20.2. The first-order valence-electron chi connectivity index (χ1n) is 13.5. The Labute approximate surface area is 240 Å². The van der Waals surface area contributed by atoms with Crippen LogP contribution in [0.1, 0.15) is 78.4 Å². The summed E-state index contributed by atoms with van der Waals surface area (Å²) in [6.07, 6.45) is -11.3. The molecular formula is C27H30F8N6O2. The number of benzene rings is 1. The van der Waals surface area contributed by atoms with Gasteiger partial charge in [-0.25, -0.2) is 44.8 Å². The molecule has 3 aromatic rings. The zero-order chi connectivity index (χ0) is 31.6. The number of rotatable bonds is 11. The molecule has 5 atom stereocenters. The minimum Gasteiger partial charge on any atom is -0.347 e. The van der Waals surface area contributed by atoms with Gasteiger partial charge < -0.3 is 15.6 Å². The van der Waals surface area contributed by atoms with E-state index in [9.17, 15) is 44.7 Å². The van der Waals surface area contributed by atoms with E-state index >= 15 is 0 Å². The van der Waals surface area contributed by atoms with Crippen molar-refractivity contribution in [3.8, 4) is 0 Å². The summed E-state index contributed by atoms with van der Waals surface area (Å²) in [7, 11) is 0. The average molecular weight is 623 g/mol. The van der Waals surface area contributed by atoms with Crippen molar-refractivity contribution in [2.24, 2.45) is 5.92 Å². The van der Waals surface area contributed by atoms with E-state index in [1.54, 1.807) is 18.2 Å². The van der Waals surface area contributed by atoms with Gasteiger partial charge >= 0.3 is 0 Å². The average Bonchev–Trinajstić information content (AvgIpc) is 3.57. The highest BCUT2D eigenvalue weighted by molar-refractivity contribution is 5.95. The van der Waals surface area contributed by atoms with Gasteiger partial charge in [0.1, 0.15) is 12.5 Å². The number of H-pyrrole nitrogens is 1. The van der Waals surface area contributed by atoms with Crippen LogP contribution in [0, 0.1) is 12.8 Å². The maximum Gasteiger partial charge on any atom is 0.289 e. The van der Waals surface area contributed by atoms with Crippen molar-refractivity contribution in [3.05, 3.63) is 47.0 Å². The monoisotopic (exact) mass is 622 g/mol. The number of halogens is 8. The van der Waals surface area contributed by atoms with Crippen molar-refractivity contribution in [1.29, 1.82) is 0 Å². The number of amides is 2. The molecule has 0 radical (unpaired) electrons. The number of nitrogens with one attached hydrogen (secondary N) is 3. The zero-order valence-electron chi connectivity index (χ0n) is 23.1. The number of imidazole rings is 1. The van der Waals surface area contributed by atoms with E-state index in [0.29, 0.717) is 21.3 Å². The lowest BCUT2D eigenvalue weighted by molar-refractivity contribution is -0.129. The van der Waals surface area contributed by atoms with Crippen LogP contribution in [0.25, 0.3) is 11.0 Å². The number of nitrogens with zero attached hydrogens (tertiary/aromatic N) is 3. The van der Waals surface area contributed by atoms with Crippen LogP contribution in [0.3, 0.4) is 0 Å². The molecule has 2 heterocycles. The number of hydrogen-bond donors (Lipinski definition) is 3. The van der Waals surface area contributed by atoms with Crippen LogP contribution in [0.5, 0.6) is 0 Å². The molecule has 4 rings (SSSR count). The zero-order valence-corrected chi connectivity index (χ0v) is 23.1. The van der Waals surface area contributed by atoms with Gasteiger partial charge in [0, 0.05) is 12.8 Å². The summed E-state index contributed by atoms with van der Waals surface area (Å²) in [4.78, 5) is 32.7. The normalized spacial score (nSPS) is 19.1. The van der Waals surface area contributed by atoms with E-state index in [-0.39, 0.29) is 29.9 Å². The van der Waals surface area contributed by atoms with Crippen molar-refractivity contribution in [1.82, 2.24) is 30.4 Å². The number of aromatic nitrogens is 4. The number of carbonyl (C=O) groups is 2. The number of hydrogen-bond acceptors (Lipinski definition) is 4. The Kier molecular flexibility index (Phi) is 9.64. The summed E-state index contributed by atoms with van der Waals surface area (Å²) in [5.41, 5.74) is 0.889. The Morgan fingerprint density at radius 3 is 2.42 bits per heavy atom. The SMILES string of the molecule is Cc1c(C(=O)N[C@H](c2nc3ccc([C@@H](C)NC(=O)C(F)C(F)CF)cc3[nH]2)C2CCC(F)(F)CC2)cnn1C(F)C(F)F. The Balaban J connectivity index is 1.60. The van der Waals surface area contributed by atoms with Crippen LogP contribution in [0.4, 0.5) is 35.1 Å². The molecule has 43 heavy (non-hydrogen) atoms. The van der Waals surface area contributed by atoms with E-state index in [2.05, 4.69) is 25.7 Å². The number of carbonyl (C=O) groups excluding carboxylic acids is 2. The summed E-state index contributed by atoms with van der Waals surface area (Å²) < 4.78 is 107. The summed E-state index contributed by atoms with van der Waals surface area (Å²) >= 11 is 0.